The van der Waals surface area contributed by atoms with Gasteiger partial charge in [-0.25, -0.2) is 9.78 Å². The Bertz CT molecular complexity index is 365. The number of rotatable bonds is 3. The van der Waals surface area contributed by atoms with Gasteiger partial charge in [0.2, 0.25) is 0 Å². The van der Waals surface area contributed by atoms with Crippen LogP contribution in [0.25, 0.3) is 0 Å². The number of nitrogens with one attached hydrogen (secondary N) is 2. The number of hydrogen-bond donors (Lipinski definition) is 2. The topological polar surface area (TPSA) is 54.0 Å². The quantitative estimate of drug-likeness (QED) is 0.769. The molecule has 0 saturated heterocycles. The Balaban J connectivity index is 1.93. The van der Waals surface area contributed by atoms with E-state index in [0.717, 1.165) is 18.5 Å². The lowest BCUT2D eigenvalue weighted by Crippen LogP contribution is -2.28. The second-order valence-corrected chi connectivity index (χ2v) is 4.45. The fraction of sp³-hybridized carbons (Fsp3) is 0.400. The van der Waals surface area contributed by atoms with E-state index in [2.05, 4.69) is 22.2 Å². The third-order valence-corrected chi connectivity index (χ3v) is 3.30. The highest BCUT2D eigenvalue weighted by atomic mass is 32.1. The predicted octanol–water partition coefficient (Wildman–Crippen LogP) is 1.94. The molecule has 2 N–H and O–H groups in total. The summed E-state index contributed by atoms with van der Waals surface area (Å²) in [6, 6.07) is -0.220. The Labute approximate surface area is 92.4 Å². The lowest BCUT2D eigenvalue weighted by molar-refractivity contribution is 0.253. The average molecular weight is 223 g/mol. The molecule has 4 nitrogen and oxygen atoms in total. The van der Waals surface area contributed by atoms with Gasteiger partial charge >= 0.3 is 6.03 Å². The van der Waals surface area contributed by atoms with Crippen LogP contribution in [-0.4, -0.2) is 17.6 Å². The van der Waals surface area contributed by atoms with Crippen molar-refractivity contribution < 1.29 is 4.79 Å². The van der Waals surface area contributed by atoms with Crippen LogP contribution in [0.2, 0.25) is 0 Å². The van der Waals surface area contributed by atoms with E-state index in [0.29, 0.717) is 11.7 Å². The standard InChI is InChI=1S/C10H13N3OS/c1-2-6-11-9(14)13-10-12-7-4-3-5-8(7)15-10/h2H,1,3-6H2,(H2,11,12,13,14). The van der Waals surface area contributed by atoms with Gasteiger partial charge in [0, 0.05) is 11.4 Å². The van der Waals surface area contributed by atoms with Crippen molar-refractivity contribution in [2.24, 2.45) is 0 Å². The second-order valence-electron chi connectivity index (χ2n) is 3.37. The molecule has 0 aliphatic heterocycles. The number of carbonyl (C=O) groups excluding carboxylic acids is 1. The Morgan fingerprint density at radius 3 is 3.20 bits per heavy atom. The first kappa shape index (κ1) is 10.2. The number of aromatic nitrogens is 1. The van der Waals surface area contributed by atoms with Gasteiger partial charge in [0.1, 0.15) is 0 Å². The third kappa shape index (κ3) is 2.36. The minimum absolute atomic E-state index is 0.220. The lowest BCUT2D eigenvalue weighted by Gasteiger charge is -2.01. The normalized spacial score (nSPS) is 13.3. The van der Waals surface area contributed by atoms with E-state index >= 15 is 0 Å². The van der Waals surface area contributed by atoms with Crippen molar-refractivity contribution >= 4 is 22.5 Å². The zero-order chi connectivity index (χ0) is 10.7. The fourth-order valence-corrected chi connectivity index (χ4v) is 2.59. The molecule has 0 atom stereocenters. The van der Waals surface area contributed by atoms with Gasteiger partial charge in [-0.05, 0) is 19.3 Å². The van der Waals surface area contributed by atoms with Gasteiger partial charge in [-0.1, -0.05) is 6.08 Å². The van der Waals surface area contributed by atoms with Crippen LogP contribution in [0, 0.1) is 0 Å². The molecular formula is C10H13N3OS. The molecule has 0 bridgehead atoms. The van der Waals surface area contributed by atoms with Gasteiger partial charge in [0.15, 0.2) is 5.13 Å². The monoisotopic (exact) mass is 223 g/mol. The number of fused-ring (bicyclic) bond motifs is 1. The molecule has 0 unspecified atom stereocenters. The van der Waals surface area contributed by atoms with Crippen LogP contribution < -0.4 is 10.6 Å². The number of aryl methyl sites for hydroxylation is 2. The van der Waals surface area contributed by atoms with E-state index in [1.54, 1.807) is 17.4 Å². The van der Waals surface area contributed by atoms with Gasteiger partial charge in [0.25, 0.3) is 0 Å². The molecule has 80 valence electrons. The van der Waals surface area contributed by atoms with Crippen LogP contribution in [0.4, 0.5) is 9.93 Å². The molecule has 1 aromatic rings. The van der Waals surface area contributed by atoms with Gasteiger partial charge in [-0.3, -0.25) is 5.32 Å². The number of nitrogens with zero attached hydrogens (tertiary/aromatic N) is 1. The summed E-state index contributed by atoms with van der Waals surface area (Å²) in [5, 5.41) is 6.06. The highest BCUT2D eigenvalue weighted by Crippen LogP contribution is 2.30. The first-order chi connectivity index (χ1) is 7.29. The van der Waals surface area contributed by atoms with Crippen molar-refractivity contribution in [1.82, 2.24) is 10.3 Å². The Morgan fingerprint density at radius 2 is 2.47 bits per heavy atom. The summed E-state index contributed by atoms with van der Waals surface area (Å²) < 4.78 is 0. The van der Waals surface area contributed by atoms with Gasteiger partial charge in [-0.15, -0.1) is 17.9 Å². The molecule has 1 heterocycles. The fourth-order valence-electron chi connectivity index (χ4n) is 1.55. The van der Waals surface area contributed by atoms with Crippen molar-refractivity contribution in [3.8, 4) is 0 Å². The van der Waals surface area contributed by atoms with Crippen molar-refractivity contribution in [3.63, 3.8) is 0 Å². The maximum absolute atomic E-state index is 11.3. The number of urea groups is 1. The van der Waals surface area contributed by atoms with Crippen LogP contribution in [-0.2, 0) is 12.8 Å². The highest BCUT2D eigenvalue weighted by Gasteiger charge is 2.17. The molecule has 0 fully saturated rings. The van der Waals surface area contributed by atoms with Crippen molar-refractivity contribution in [2.45, 2.75) is 19.3 Å². The number of anilines is 1. The number of carbonyl (C=O) groups is 1. The lowest BCUT2D eigenvalue weighted by atomic mass is 10.4. The van der Waals surface area contributed by atoms with E-state index in [1.807, 2.05) is 0 Å². The van der Waals surface area contributed by atoms with Crippen LogP contribution in [0.5, 0.6) is 0 Å². The van der Waals surface area contributed by atoms with Gasteiger partial charge in [-0.2, -0.15) is 0 Å². The van der Waals surface area contributed by atoms with Gasteiger partial charge < -0.3 is 5.32 Å². The van der Waals surface area contributed by atoms with E-state index < -0.39 is 0 Å². The Hall–Kier alpha value is -1.36. The molecule has 0 radical (unpaired) electrons. The van der Waals surface area contributed by atoms with Crippen LogP contribution in [0.15, 0.2) is 12.7 Å². The zero-order valence-corrected chi connectivity index (χ0v) is 9.19. The molecule has 1 aromatic heterocycles. The maximum atomic E-state index is 11.3. The minimum atomic E-state index is -0.220. The van der Waals surface area contributed by atoms with E-state index in [-0.39, 0.29) is 6.03 Å². The molecule has 2 rings (SSSR count). The summed E-state index contributed by atoms with van der Waals surface area (Å²) in [7, 11) is 0. The van der Waals surface area contributed by atoms with Crippen LogP contribution in [0.3, 0.4) is 0 Å². The summed E-state index contributed by atoms with van der Waals surface area (Å²) in [6.45, 7) is 3.99. The van der Waals surface area contributed by atoms with Crippen LogP contribution >= 0.6 is 11.3 Å². The molecule has 1 aliphatic rings. The first-order valence-electron chi connectivity index (χ1n) is 4.94. The van der Waals surface area contributed by atoms with Gasteiger partial charge in [0.05, 0.1) is 5.69 Å². The highest BCUT2D eigenvalue weighted by molar-refractivity contribution is 7.15. The second kappa shape index (κ2) is 4.44. The molecular weight excluding hydrogens is 210 g/mol. The summed E-state index contributed by atoms with van der Waals surface area (Å²) in [6.07, 6.45) is 4.98. The maximum Gasteiger partial charge on any atom is 0.321 e. The molecule has 2 amide bonds. The number of thiazole rings is 1. The molecule has 0 saturated carbocycles. The summed E-state index contributed by atoms with van der Waals surface area (Å²) in [4.78, 5) is 17.0. The zero-order valence-electron chi connectivity index (χ0n) is 8.38. The van der Waals surface area contributed by atoms with Crippen LogP contribution in [0.1, 0.15) is 17.0 Å². The predicted molar refractivity (Wildman–Crippen MR) is 61.4 cm³/mol. The Kier molecular flexibility index (Phi) is 3.01. The summed E-state index contributed by atoms with van der Waals surface area (Å²) >= 11 is 1.57. The van der Waals surface area contributed by atoms with E-state index in [4.69, 9.17) is 0 Å². The number of hydrogen-bond acceptors (Lipinski definition) is 3. The summed E-state index contributed by atoms with van der Waals surface area (Å²) in [5.74, 6) is 0. The SMILES string of the molecule is C=CCNC(=O)Nc1nc2c(s1)CCC2. The Morgan fingerprint density at radius 1 is 1.60 bits per heavy atom. The van der Waals surface area contributed by atoms with Crippen molar-refractivity contribution in [2.75, 3.05) is 11.9 Å². The van der Waals surface area contributed by atoms with Crippen molar-refractivity contribution in [3.05, 3.63) is 23.2 Å². The van der Waals surface area contributed by atoms with E-state index in [1.165, 1.54) is 11.3 Å². The molecule has 0 aromatic carbocycles. The molecule has 0 spiro atoms. The number of amides is 2. The van der Waals surface area contributed by atoms with Crippen molar-refractivity contribution in [1.29, 1.82) is 0 Å². The third-order valence-electron chi connectivity index (χ3n) is 2.22. The largest absolute Gasteiger partial charge is 0.334 e. The minimum Gasteiger partial charge on any atom is -0.334 e. The molecule has 1 aliphatic carbocycles. The summed E-state index contributed by atoms with van der Waals surface area (Å²) in [5.41, 5.74) is 1.15. The van der Waals surface area contributed by atoms with E-state index in [9.17, 15) is 4.79 Å². The molecule has 5 heteroatoms. The smallest absolute Gasteiger partial charge is 0.321 e. The average Bonchev–Trinajstić information content (AvgIpc) is 2.74. The first-order valence-corrected chi connectivity index (χ1v) is 5.75. The molecule has 15 heavy (non-hydrogen) atoms.